The number of alkyl carbamates (subject to hydrolysis) is 1. The molecule has 3 amide bonds. The standard InChI is InChI=1S/C38H43N10O22P3S3/c1-47(36(51)19-6-3-2-5-18(19)26-20-8-10-22(39)32(75(59,60)61)29(20)67-30-21(26)9-11-23(40)33(30)76(62,63)64)14-4-7-25(49)42-12-13-43-38(52)68-31-24(15-65-71(53,54)69-72(55,56)70-73(57,58)74)66-37(28(31)50)48-17-46-27-34(41)44-16-45-35(27)48/h2-3,5-6,8-11,16-17,24,28,31,37,39,50H,4,7,12-15,40H2,1H3,(H,42,49)(H,43,52)(H,53,54)(H,55,56)(H2,41,44,45)(H2,57,58,74)(H,59,60,61)(H,62,63,64)/t24-,28-,31-,37-/m1/s1. The van der Waals surface area contributed by atoms with Crippen LogP contribution in [0.5, 0.6) is 0 Å². The van der Waals surface area contributed by atoms with Crippen molar-refractivity contribution in [2.45, 2.75) is 47.2 Å². The van der Waals surface area contributed by atoms with Gasteiger partial charge in [0.1, 0.15) is 24.1 Å². The zero-order valence-electron chi connectivity index (χ0n) is 38.5. The van der Waals surface area contributed by atoms with E-state index in [1.165, 1.54) is 48.3 Å². The number of amides is 3. The third-order valence-electron chi connectivity index (χ3n) is 10.9. The Kier molecular flexibility index (Phi) is 16.9. The van der Waals surface area contributed by atoms with Crippen LogP contribution in [0.2, 0.25) is 0 Å². The van der Waals surface area contributed by atoms with Gasteiger partial charge in [-0.05, 0) is 54.1 Å². The molecular weight excluding hydrogens is 1140 g/mol. The number of nitrogens with two attached hydrogens (primary N) is 2. The third-order valence-corrected chi connectivity index (χ3v) is 17.2. The van der Waals surface area contributed by atoms with Gasteiger partial charge in [0.25, 0.3) is 26.1 Å². The van der Waals surface area contributed by atoms with Crippen LogP contribution in [0, 0.1) is 5.41 Å². The van der Waals surface area contributed by atoms with Crippen LogP contribution in [-0.2, 0) is 68.6 Å². The molecule has 410 valence electrons. The molecule has 76 heavy (non-hydrogen) atoms. The van der Waals surface area contributed by atoms with Crippen molar-refractivity contribution in [1.29, 1.82) is 5.41 Å². The van der Waals surface area contributed by atoms with Crippen molar-refractivity contribution in [2.75, 3.05) is 44.8 Å². The van der Waals surface area contributed by atoms with Crippen LogP contribution in [0.15, 0.2) is 75.4 Å². The van der Waals surface area contributed by atoms with Crippen molar-refractivity contribution in [3.05, 3.63) is 72.1 Å². The number of imidazole rings is 1. The van der Waals surface area contributed by atoms with Crippen LogP contribution >= 0.6 is 22.4 Å². The number of phosphoric acid groups is 2. The quantitative estimate of drug-likeness (QED) is 0.0166. The number of carbonyl (C=O) groups is 3. The molecule has 0 spiro atoms. The number of ether oxygens (including phenoxy) is 2. The van der Waals surface area contributed by atoms with Crippen molar-refractivity contribution in [1.82, 2.24) is 35.1 Å². The number of anilines is 2. The smallest absolute Gasteiger partial charge is 0.453 e. The van der Waals surface area contributed by atoms with Gasteiger partial charge in [-0.1, -0.05) is 18.2 Å². The van der Waals surface area contributed by atoms with Crippen molar-refractivity contribution >= 4 is 106 Å². The van der Waals surface area contributed by atoms with Gasteiger partial charge in [-0.25, -0.2) is 33.2 Å². The maximum Gasteiger partial charge on any atom is 0.488 e. The number of phosphoric ester groups is 1. The summed E-state index contributed by atoms with van der Waals surface area (Å²) in [6.45, 7) is -6.52. The van der Waals surface area contributed by atoms with E-state index in [0.29, 0.717) is 0 Å². The van der Waals surface area contributed by atoms with Crippen LogP contribution in [0.1, 0.15) is 29.4 Å². The molecule has 38 heteroatoms. The molecule has 2 aromatic heterocycles. The predicted molar refractivity (Wildman–Crippen MR) is 262 cm³/mol. The van der Waals surface area contributed by atoms with Crippen molar-refractivity contribution in [3.63, 3.8) is 0 Å². The Morgan fingerprint density at radius 2 is 1.59 bits per heavy atom. The van der Waals surface area contributed by atoms with Gasteiger partial charge < -0.3 is 65.6 Å². The molecule has 2 aromatic carbocycles. The minimum Gasteiger partial charge on any atom is -0.453 e. The van der Waals surface area contributed by atoms with Gasteiger partial charge in [-0.3, -0.25) is 33.2 Å². The maximum atomic E-state index is 14.1. The van der Waals surface area contributed by atoms with Crippen molar-refractivity contribution in [2.24, 2.45) is 0 Å². The van der Waals surface area contributed by atoms with E-state index in [9.17, 15) is 74.1 Å². The summed E-state index contributed by atoms with van der Waals surface area (Å²) in [5, 5.41) is 23.6. The van der Waals surface area contributed by atoms with Crippen LogP contribution in [0.4, 0.5) is 16.3 Å². The highest BCUT2D eigenvalue weighted by Crippen LogP contribution is 2.66. The van der Waals surface area contributed by atoms with E-state index in [0.717, 1.165) is 29.4 Å². The van der Waals surface area contributed by atoms with Gasteiger partial charge >= 0.3 is 28.5 Å². The molecule has 32 nitrogen and oxygen atoms in total. The zero-order valence-corrected chi connectivity index (χ0v) is 43.7. The molecule has 0 radical (unpaired) electrons. The zero-order chi connectivity index (χ0) is 55.9. The fourth-order valence-corrected chi connectivity index (χ4v) is 13.1. The van der Waals surface area contributed by atoms with Gasteiger partial charge in [-0.2, -0.15) is 21.1 Å². The lowest BCUT2D eigenvalue weighted by Gasteiger charge is -2.22. The SMILES string of the molecule is CN(CCCC(=O)NCCNC(=O)O[C@H]1[C@@H](O)[C@H](n2cnc3c(N)ncnc32)O[C@@H]1COP(=O)(O)OP(=O)(O)OP(O)(O)=S)C(=O)c1ccccc1-c1c2ccc(=N)c(S(=O)(=O)O)c-2oc2c(S(=O)(=O)O)c(N)ccc12. The Bertz CT molecular complexity index is 3690. The Hall–Kier alpha value is -5.94. The Morgan fingerprint density at radius 1 is 0.908 bits per heavy atom. The number of nitrogens with one attached hydrogen (secondary N) is 3. The summed E-state index contributed by atoms with van der Waals surface area (Å²) in [5.74, 6) is -1.92. The van der Waals surface area contributed by atoms with Gasteiger partial charge in [0.2, 0.25) is 5.91 Å². The average molecular weight is 1180 g/mol. The summed E-state index contributed by atoms with van der Waals surface area (Å²) < 4.78 is 126. The van der Waals surface area contributed by atoms with Gasteiger partial charge in [0.15, 0.2) is 44.9 Å². The summed E-state index contributed by atoms with van der Waals surface area (Å²) in [5.41, 5.74) is 10.7. The number of fused-ring (bicyclic) bond motifs is 3. The van der Waals surface area contributed by atoms with Crippen molar-refractivity contribution in [3.8, 4) is 22.5 Å². The molecule has 3 aliphatic rings. The van der Waals surface area contributed by atoms with E-state index in [4.69, 9.17) is 35.3 Å². The Morgan fingerprint density at radius 3 is 2.28 bits per heavy atom. The first-order chi connectivity index (χ1) is 35.4. The second-order valence-corrected chi connectivity index (χ2v) is 24.7. The van der Waals surface area contributed by atoms with E-state index < -0.39 is 124 Å². The first kappa shape index (κ1) is 57.8. The maximum absolute atomic E-state index is 14.1. The molecule has 14 N–H and O–H groups in total. The molecule has 4 heterocycles. The summed E-state index contributed by atoms with van der Waals surface area (Å²) >= 11 is 4.07. The molecule has 6 atom stereocenters. The van der Waals surface area contributed by atoms with Crippen LogP contribution < -0.4 is 27.5 Å². The molecule has 1 saturated heterocycles. The second kappa shape index (κ2) is 22.2. The highest BCUT2D eigenvalue weighted by molar-refractivity contribution is 8.08. The first-order valence-corrected chi connectivity index (χ1v) is 29.8. The van der Waals surface area contributed by atoms with E-state index in [-0.39, 0.29) is 77.1 Å². The van der Waals surface area contributed by atoms with Crippen LogP contribution in [0.3, 0.4) is 0 Å². The normalized spacial score (nSPS) is 18.8. The molecular formula is C38H43N10O22P3S3. The second-order valence-electron chi connectivity index (χ2n) is 16.2. The molecule has 4 aromatic rings. The number of rotatable bonds is 20. The molecule has 1 fully saturated rings. The number of nitrogens with zero attached hydrogens (tertiary/aromatic N) is 5. The molecule has 7 rings (SSSR count). The fraction of sp³-hybridized carbons (Fsp3) is 0.289. The number of hydrogen-bond donors (Lipinski definition) is 12. The number of hydrogen-bond acceptors (Lipinski definition) is 23. The number of benzene rings is 3. The summed E-state index contributed by atoms with van der Waals surface area (Å²) in [6.07, 6.45) is -5.86. The third kappa shape index (κ3) is 13.1. The predicted octanol–water partition coefficient (Wildman–Crippen LogP) is 0.963. The minimum atomic E-state index is -5.73. The average Bonchev–Trinajstić information content (AvgIpc) is 3.87. The molecule has 0 bridgehead atoms. The summed E-state index contributed by atoms with van der Waals surface area (Å²) in [4.78, 5) is 89.3. The van der Waals surface area contributed by atoms with E-state index >= 15 is 0 Å². The Labute approximate surface area is 432 Å². The largest absolute Gasteiger partial charge is 0.488 e. The van der Waals surface area contributed by atoms with Crippen molar-refractivity contribution < 1.29 is 101 Å². The van der Waals surface area contributed by atoms with E-state index in [1.54, 1.807) is 0 Å². The van der Waals surface area contributed by atoms with Gasteiger partial charge in [0.05, 0.1) is 24.0 Å². The van der Waals surface area contributed by atoms with Gasteiger partial charge in [-0.15, -0.1) is 0 Å². The van der Waals surface area contributed by atoms with Crippen LogP contribution in [-0.4, -0.2) is 145 Å². The molecule has 2 unspecified atom stereocenters. The lowest BCUT2D eigenvalue weighted by atomic mass is 9.90. The molecule has 1 aliphatic carbocycles. The van der Waals surface area contributed by atoms with E-state index in [1.807, 2.05) is 0 Å². The molecule has 2 aliphatic heterocycles. The lowest BCUT2D eigenvalue weighted by molar-refractivity contribution is -0.121. The van der Waals surface area contributed by atoms with Gasteiger partial charge in [0, 0.05) is 55.2 Å². The lowest BCUT2D eigenvalue weighted by Crippen LogP contribution is -2.42. The molecule has 0 saturated carbocycles. The number of nitrogen functional groups attached to an aromatic ring is 2. The number of aliphatic hydroxyl groups is 1. The topological polar surface area (TPSA) is 501 Å². The Balaban J connectivity index is 0.982. The highest BCUT2D eigenvalue weighted by atomic mass is 32.5. The monoisotopic (exact) mass is 1180 g/mol. The number of aromatic nitrogens is 4. The van der Waals surface area contributed by atoms with E-state index in [2.05, 4.69) is 46.0 Å². The number of aliphatic hydroxyl groups excluding tert-OH is 1. The highest BCUT2D eigenvalue weighted by Gasteiger charge is 2.50. The first-order valence-electron chi connectivity index (χ1n) is 21.3. The summed E-state index contributed by atoms with van der Waals surface area (Å²) in [6, 6.07) is 10.6. The van der Waals surface area contributed by atoms with Crippen LogP contribution in [0.25, 0.3) is 44.6 Å². The summed E-state index contributed by atoms with van der Waals surface area (Å²) in [7, 11) is -20.3. The fourth-order valence-electron chi connectivity index (χ4n) is 7.84. The minimum absolute atomic E-state index is 0.00148. The number of carbonyl (C=O) groups excluding carboxylic acids is 3.